The second-order valence-electron chi connectivity index (χ2n) is 4.45. The largest absolute Gasteiger partial charge is 0.497 e. The average Bonchev–Trinajstić information content (AvgIpc) is 2.38. The van der Waals surface area contributed by atoms with Crippen LogP contribution in [0.5, 0.6) is 5.75 Å². The minimum atomic E-state index is -0.0471. The monoisotopic (exact) mass is 247 g/mol. The molecule has 0 saturated carbocycles. The molecule has 18 heavy (non-hydrogen) atoms. The third-order valence-electron chi connectivity index (χ3n) is 3.17. The lowest BCUT2D eigenvalue weighted by Gasteiger charge is -2.26. The minimum Gasteiger partial charge on any atom is -0.497 e. The van der Waals surface area contributed by atoms with Gasteiger partial charge in [-0.05, 0) is 24.1 Å². The summed E-state index contributed by atoms with van der Waals surface area (Å²) in [6, 6.07) is 7.83. The van der Waals surface area contributed by atoms with E-state index >= 15 is 0 Å². The van der Waals surface area contributed by atoms with Gasteiger partial charge in [0, 0.05) is 19.5 Å². The van der Waals surface area contributed by atoms with Crippen molar-refractivity contribution in [3.8, 4) is 5.75 Å². The topological polar surface area (TPSA) is 46.6 Å². The fourth-order valence-electron chi connectivity index (χ4n) is 2.08. The van der Waals surface area contributed by atoms with Crippen LogP contribution in [0.3, 0.4) is 0 Å². The summed E-state index contributed by atoms with van der Waals surface area (Å²) in [7, 11) is 1.64. The van der Waals surface area contributed by atoms with E-state index in [-0.39, 0.29) is 18.1 Å². The van der Waals surface area contributed by atoms with Gasteiger partial charge in [0.25, 0.3) is 0 Å². The molecule has 2 rings (SSSR count). The number of carbonyl (C=O) groups is 2. The van der Waals surface area contributed by atoms with Crippen LogP contribution < -0.4 is 4.74 Å². The van der Waals surface area contributed by atoms with Crippen molar-refractivity contribution < 1.29 is 14.3 Å². The first kappa shape index (κ1) is 12.6. The Labute approximate surface area is 107 Å². The summed E-state index contributed by atoms with van der Waals surface area (Å²) in [6.45, 7) is 1.22. The Morgan fingerprint density at radius 3 is 2.89 bits per heavy atom. The van der Waals surface area contributed by atoms with E-state index in [0.29, 0.717) is 19.5 Å². The zero-order valence-corrected chi connectivity index (χ0v) is 10.5. The van der Waals surface area contributed by atoms with Gasteiger partial charge < -0.3 is 9.64 Å². The molecule has 0 unspecified atom stereocenters. The summed E-state index contributed by atoms with van der Waals surface area (Å²) in [5, 5.41) is 0. The van der Waals surface area contributed by atoms with Crippen molar-refractivity contribution in [2.24, 2.45) is 0 Å². The summed E-state index contributed by atoms with van der Waals surface area (Å²) in [6.07, 6.45) is 1.35. The van der Waals surface area contributed by atoms with E-state index in [1.807, 2.05) is 24.3 Å². The van der Waals surface area contributed by atoms with Gasteiger partial charge in [0.1, 0.15) is 11.5 Å². The molecule has 1 amide bonds. The van der Waals surface area contributed by atoms with Crippen LogP contribution in [0.2, 0.25) is 0 Å². The quantitative estimate of drug-likeness (QED) is 0.756. The van der Waals surface area contributed by atoms with Gasteiger partial charge in [-0.15, -0.1) is 0 Å². The Bertz CT molecular complexity index is 456. The van der Waals surface area contributed by atoms with E-state index in [4.69, 9.17) is 4.74 Å². The molecule has 0 aromatic heterocycles. The lowest BCUT2D eigenvalue weighted by atomic mass is 10.1. The molecule has 0 aliphatic carbocycles. The number of hydrogen-bond acceptors (Lipinski definition) is 3. The van der Waals surface area contributed by atoms with Crippen molar-refractivity contribution >= 4 is 11.7 Å². The zero-order chi connectivity index (χ0) is 13.0. The molecule has 0 bridgehead atoms. The number of likely N-dealkylation sites (tertiary alicyclic amines) is 1. The molecular formula is C14H17NO3. The van der Waals surface area contributed by atoms with Crippen LogP contribution in [-0.2, 0) is 16.0 Å². The maximum atomic E-state index is 11.6. The highest BCUT2D eigenvalue weighted by Crippen LogP contribution is 2.14. The maximum Gasteiger partial charge on any atom is 0.230 e. The first-order chi connectivity index (χ1) is 8.69. The van der Waals surface area contributed by atoms with Crippen molar-refractivity contribution in [1.82, 2.24) is 4.90 Å². The first-order valence-corrected chi connectivity index (χ1v) is 6.11. The van der Waals surface area contributed by atoms with Gasteiger partial charge in [0.05, 0.1) is 13.5 Å². The molecule has 0 spiro atoms. The summed E-state index contributed by atoms with van der Waals surface area (Å²) in [5.41, 5.74) is 1.14. The van der Waals surface area contributed by atoms with E-state index in [2.05, 4.69) is 0 Å². The lowest BCUT2D eigenvalue weighted by Crippen LogP contribution is -2.40. The molecule has 1 saturated heterocycles. The minimum absolute atomic E-state index is 0.0471. The number of amides is 1. The second kappa shape index (κ2) is 5.67. The average molecular weight is 247 g/mol. The number of carbonyl (C=O) groups excluding carboxylic acids is 2. The number of piperidine rings is 1. The highest BCUT2D eigenvalue weighted by molar-refractivity contribution is 6.00. The van der Waals surface area contributed by atoms with Crippen LogP contribution in [0.25, 0.3) is 0 Å². The van der Waals surface area contributed by atoms with Crippen molar-refractivity contribution in [2.45, 2.75) is 19.3 Å². The first-order valence-electron chi connectivity index (χ1n) is 6.11. The number of ketones is 1. The maximum absolute atomic E-state index is 11.6. The number of nitrogens with zero attached hydrogens (tertiary/aromatic N) is 1. The molecular weight excluding hydrogens is 230 g/mol. The highest BCUT2D eigenvalue weighted by atomic mass is 16.5. The predicted octanol–water partition coefficient (Wildman–Crippen LogP) is 1.43. The van der Waals surface area contributed by atoms with Crippen LogP contribution in [0.1, 0.15) is 18.4 Å². The Morgan fingerprint density at radius 1 is 1.33 bits per heavy atom. The van der Waals surface area contributed by atoms with Gasteiger partial charge in [-0.3, -0.25) is 9.59 Å². The molecule has 0 atom stereocenters. The predicted molar refractivity (Wildman–Crippen MR) is 67.5 cm³/mol. The summed E-state index contributed by atoms with van der Waals surface area (Å²) < 4.78 is 5.16. The number of benzene rings is 1. The van der Waals surface area contributed by atoms with Crippen molar-refractivity contribution in [3.05, 3.63) is 29.8 Å². The van der Waals surface area contributed by atoms with Crippen LogP contribution in [0, 0.1) is 0 Å². The summed E-state index contributed by atoms with van der Waals surface area (Å²) in [4.78, 5) is 24.5. The van der Waals surface area contributed by atoms with Crippen LogP contribution in [-0.4, -0.2) is 36.8 Å². The third kappa shape index (κ3) is 3.09. The van der Waals surface area contributed by atoms with Gasteiger partial charge in [0.15, 0.2) is 0 Å². The molecule has 1 heterocycles. The van der Waals surface area contributed by atoms with Crippen molar-refractivity contribution in [1.29, 1.82) is 0 Å². The SMILES string of the molecule is COc1cccc(CCN2CCC(=O)CC2=O)c1. The number of hydrogen-bond donors (Lipinski definition) is 0. The Balaban J connectivity index is 1.91. The molecule has 1 fully saturated rings. The molecule has 1 aromatic carbocycles. The Hall–Kier alpha value is -1.84. The summed E-state index contributed by atoms with van der Waals surface area (Å²) in [5.74, 6) is 0.833. The van der Waals surface area contributed by atoms with Crippen molar-refractivity contribution in [2.75, 3.05) is 20.2 Å². The van der Waals surface area contributed by atoms with E-state index in [0.717, 1.165) is 17.7 Å². The smallest absolute Gasteiger partial charge is 0.230 e. The molecule has 4 heteroatoms. The zero-order valence-electron chi connectivity index (χ0n) is 10.5. The standard InChI is InChI=1S/C14H17NO3/c1-18-13-4-2-3-11(9-13)5-7-15-8-6-12(16)10-14(15)17/h2-4,9H,5-8,10H2,1H3. The number of methoxy groups -OCH3 is 1. The van der Waals surface area contributed by atoms with Gasteiger partial charge in [-0.25, -0.2) is 0 Å². The van der Waals surface area contributed by atoms with Gasteiger partial charge >= 0.3 is 0 Å². The normalized spacial score (nSPS) is 15.9. The molecule has 4 nitrogen and oxygen atoms in total. The van der Waals surface area contributed by atoms with Crippen LogP contribution >= 0.6 is 0 Å². The molecule has 96 valence electrons. The fraction of sp³-hybridized carbons (Fsp3) is 0.429. The fourth-order valence-corrected chi connectivity index (χ4v) is 2.08. The molecule has 1 aliphatic heterocycles. The molecule has 1 aliphatic rings. The lowest BCUT2D eigenvalue weighted by molar-refractivity contribution is -0.139. The third-order valence-corrected chi connectivity index (χ3v) is 3.17. The Kier molecular flexibility index (Phi) is 3.97. The molecule has 0 radical (unpaired) electrons. The Morgan fingerprint density at radius 2 is 2.17 bits per heavy atom. The van der Waals surface area contributed by atoms with Crippen LogP contribution in [0.4, 0.5) is 0 Å². The van der Waals surface area contributed by atoms with E-state index in [1.54, 1.807) is 12.0 Å². The van der Waals surface area contributed by atoms with E-state index in [9.17, 15) is 9.59 Å². The number of rotatable bonds is 4. The highest BCUT2D eigenvalue weighted by Gasteiger charge is 2.22. The van der Waals surface area contributed by atoms with E-state index < -0.39 is 0 Å². The number of ether oxygens (including phenoxy) is 1. The molecule has 0 N–H and O–H groups in total. The van der Waals surface area contributed by atoms with E-state index in [1.165, 1.54) is 0 Å². The second-order valence-corrected chi connectivity index (χ2v) is 4.45. The number of Topliss-reactive ketones (excluding diaryl/α,β-unsaturated/α-hetero) is 1. The molecule has 1 aromatic rings. The van der Waals surface area contributed by atoms with Crippen LogP contribution in [0.15, 0.2) is 24.3 Å². The van der Waals surface area contributed by atoms with Crippen molar-refractivity contribution in [3.63, 3.8) is 0 Å². The summed E-state index contributed by atoms with van der Waals surface area (Å²) >= 11 is 0. The van der Waals surface area contributed by atoms with Gasteiger partial charge in [-0.2, -0.15) is 0 Å². The van der Waals surface area contributed by atoms with Gasteiger partial charge in [0.2, 0.25) is 5.91 Å². The van der Waals surface area contributed by atoms with Gasteiger partial charge in [-0.1, -0.05) is 12.1 Å².